The molecule has 4 rings (SSSR count). The van der Waals surface area contributed by atoms with Crippen LogP contribution < -0.4 is 5.32 Å². The molecule has 1 saturated heterocycles. The van der Waals surface area contributed by atoms with Crippen LogP contribution in [0.15, 0.2) is 24.3 Å². The highest BCUT2D eigenvalue weighted by Crippen LogP contribution is 2.25. The van der Waals surface area contributed by atoms with E-state index in [1.807, 2.05) is 24.3 Å². The van der Waals surface area contributed by atoms with Gasteiger partial charge in [-0.25, -0.2) is 0 Å². The van der Waals surface area contributed by atoms with Crippen molar-refractivity contribution in [1.29, 1.82) is 0 Å². The Bertz CT molecular complexity index is 697. The molecule has 0 aromatic heterocycles. The maximum absolute atomic E-state index is 12.5. The fourth-order valence-electron chi connectivity index (χ4n) is 5.11. The van der Waals surface area contributed by atoms with E-state index >= 15 is 0 Å². The van der Waals surface area contributed by atoms with Gasteiger partial charge in [0.25, 0.3) is 5.91 Å². The Morgan fingerprint density at radius 2 is 1.82 bits per heavy atom. The van der Waals surface area contributed by atoms with Crippen LogP contribution in [0.5, 0.6) is 0 Å². The molecule has 28 heavy (non-hydrogen) atoms. The van der Waals surface area contributed by atoms with Crippen LogP contribution in [0.4, 0.5) is 0 Å². The number of hydrogen-bond donors (Lipinski definition) is 1. The van der Waals surface area contributed by atoms with E-state index in [2.05, 4.69) is 10.2 Å². The fourth-order valence-corrected chi connectivity index (χ4v) is 5.11. The summed E-state index contributed by atoms with van der Waals surface area (Å²) in [6.07, 6.45) is 10.7. The van der Waals surface area contributed by atoms with Crippen LogP contribution in [-0.2, 0) is 11.3 Å². The lowest BCUT2D eigenvalue weighted by molar-refractivity contribution is -0.122. The first kappa shape index (κ1) is 19.4. The highest BCUT2D eigenvalue weighted by atomic mass is 16.2. The highest BCUT2D eigenvalue weighted by Gasteiger charge is 2.29. The molecule has 0 spiro atoms. The van der Waals surface area contributed by atoms with Crippen molar-refractivity contribution < 1.29 is 9.59 Å². The van der Waals surface area contributed by atoms with Gasteiger partial charge in [-0.1, -0.05) is 43.9 Å². The molecule has 5 nitrogen and oxygen atoms in total. The minimum Gasteiger partial charge on any atom is -0.352 e. The minimum atomic E-state index is 0.0561. The number of nitrogens with zero attached hydrogens (tertiary/aromatic N) is 2. The van der Waals surface area contributed by atoms with Gasteiger partial charge in [0.1, 0.15) is 0 Å². The summed E-state index contributed by atoms with van der Waals surface area (Å²) in [5, 5.41) is 3.24. The zero-order valence-electron chi connectivity index (χ0n) is 16.9. The van der Waals surface area contributed by atoms with Crippen LogP contribution in [-0.4, -0.2) is 53.3 Å². The monoisotopic (exact) mass is 383 g/mol. The summed E-state index contributed by atoms with van der Waals surface area (Å²) >= 11 is 0. The van der Waals surface area contributed by atoms with Gasteiger partial charge in [-0.3, -0.25) is 14.5 Å². The third-order valence-corrected chi connectivity index (χ3v) is 6.66. The summed E-state index contributed by atoms with van der Waals surface area (Å²) in [7, 11) is 0. The molecule has 2 fully saturated rings. The maximum atomic E-state index is 12.5. The van der Waals surface area contributed by atoms with E-state index in [-0.39, 0.29) is 17.9 Å². The van der Waals surface area contributed by atoms with Crippen molar-refractivity contribution in [1.82, 2.24) is 15.1 Å². The standard InChI is InChI=1S/C23H33N3O2/c27-22(13-15-26-16-18-8-5-6-12-21(18)23(26)28)24-19-9-7-14-25(17-19)20-10-3-1-2-4-11-20/h5-6,8,12,19-20H,1-4,7,9-11,13-17H2,(H,24,27)/t19-/m0/s1. The summed E-state index contributed by atoms with van der Waals surface area (Å²) < 4.78 is 0. The Kier molecular flexibility index (Phi) is 6.30. The minimum absolute atomic E-state index is 0.0561. The maximum Gasteiger partial charge on any atom is 0.254 e. The predicted octanol–water partition coefficient (Wildman–Crippen LogP) is 3.34. The van der Waals surface area contributed by atoms with Crippen LogP contribution in [0.3, 0.4) is 0 Å². The number of carbonyl (C=O) groups is 2. The van der Waals surface area contributed by atoms with Gasteiger partial charge in [0, 0.05) is 43.7 Å². The Hall–Kier alpha value is -1.88. The molecule has 2 amide bonds. The summed E-state index contributed by atoms with van der Waals surface area (Å²) in [5.41, 5.74) is 1.86. The molecule has 1 aromatic carbocycles. The molecule has 0 bridgehead atoms. The molecule has 1 N–H and O–H groups in total. The van der Waals surface area contributed by atoms with Crippen molar-refractivity contribution in [2.45, 2.75) is 76.4 Å². The lowest BCUT2D eigenvalue weighted by Crippen LogP contribution is -2.51. The first-order chi connectivity index (χ1) is 13.7. The molecule has 2 aliphatic heterocycles. The molecule has 5 heteroatoms. The zero-order valence-corrected chi connectivity index (χ0v) is 16.9. The number of piperidine rings is 1. The topological polar surface area (TPSA) is 52.7 Å². The van der Waals surface area contributed by atoms with Gasteiger partial charge in [0.2, 0.25) is 5.91 Å². The molecule has 1 atom stereocenters. The van der Waals surface area contributed by atoms with Crippen LogP contribution in [0.25, 0.3) is 0 Å². The Morgan fingerprint density at radius 1 is 1.04 bits per heavy atom. The van der Waals surface area contributed by atoms with Gasteiger partial charge < -0.3 is 10.2 Å². The number of nitrogens with one attached hydrogen (secondary N) is 1. The van der Waals surface area contributed by atoms with Gasteiger partial charge >= 0.3 is 0 Å². The average Bonchev–Trinajstić information content (AvgIpc) is 2.88. The van der Waals surface area contributed by atoms with Crippen LogP contribution in [0.2, 0.25) is 0 Å². The Labute approximate surface area is 168 Å². The van der Waals surface area contributed by atoms with E-state index in [1.165, 1.54) is 51.5 Å². The number of benzene rings is 1. The summed E-state index contributed by atoms with van der Waals surface area (Å²) in [6, 6.07) is 8.71. The Balaban J connectivity index is 1.23. The van der Waals surface area contributed by atoms with Gasteiger partial charge in [-0.2, -0.15) is 0 Å². The summed E-state index contributed by atoms with van der Waals surface area (Å²) in [6.45, 7) is 3.29. The quantitative estimate of drug-likeness (QED) is 0.794. The van der Waals surface area contributed by atoms with Crippen LogP contribution in [0.1, 0.15) is 73.7 Å². The summed E-state index contributed by atoms with van der Waals surface area (Å²) in [4.78, 5) is 29.4. The molecule has 2 heterocycles. The number of hydrogen-bond acceptors (Lipinski definition) is 3. The van der Waals surface area contributed by atoms with E-state index in [4.69, 9.17) is 0 Å². The van der Waals surface area contributed by atoms with Crippen molar-refractivity contribution >= 4 is 11.8 Å². The number of fused-ring (bicyclic) bond motifs is 1. The van der Waals surface area contributed by atoms with E-state index < -0.39 is 0 Å². The van der Waals surface area contributed by atoms with Gasteiger partial charge in [0.05, 0.1) is 0 Å². The number of amides is 2. The van der Waals surface area contributed by atoms with Crippen molar-refractivity contribution in [3.8, 4) is 0 Å². The zero-order chi connectivity index (χ0) is 19.3. The molecule has 1 aromatic rings. The van der Waals surface area contributed by atoms with Crippen molar-refractivity contribution in [3.63, 3.8) is 0 Å². The van der Waals surface area contributed by atoms with Gasteiger partial charge in [0.15, 0.2) is 0 Å². The molecule has 1 saturated carbocycles. The number of rotatable bonds is 5. The summed E-state index contributed by atoms with van der Waals surface area (Å²) in [5.74, 6) is 0.136. The molecule has 0 unspecified atom stereocenters. The van der Waals surface area contributed by atoms with Crippen LogP contribution >= 0.6 is 0 Å². The normalized spacial score (nSPS) is 24.1. The molecule has 152 valence electrons. The lowest BCUT2D eigenvalue weighted by Gasteiger charge is -2.38. The number of carbonyl (C=O) groups excluding carboxylic acids is 2. The van der Waals surface area contributed by atoms with E-state index in [0.717, 1.165) is 24.1 Å². The SMILES string of the molecule is O=C(CCN1Cc2ccccc2C1=O)N[C@H]1CCCN(C2CCCCCC2)C1. The second-order valence-electron chi connectivity index (χ2n) is 8.68. The first-order valence-corrected chi connectivity index (χ1v) is 11.1. The third-order valence-electron chi connectivity index (χ3n) is 6.66. The molecule has 0 radical (unpaired) electrons. The second-order valence-corrected chi connectivity index (χ2v) is 8.68. The van der Waals surface area contributed by atoms with E-state index in [1.54, 1.807) is 4.90 Å². The second kappa shape index (κ2) is 9.08. The molecule has 3 aliphatic rings. The van der Waals surface area contributed by atoms with Crippen molar-refractivity contribution in [2.24, 2.45) is 0 Å². The average molecular weight is 384 g/mol. The lowest BCUT2D eigenvalue weighted by atomic mass is 10.00. The highest BCUT2D eigenvalue weighted by molar-refractivity contribution is 5.98. The largest absolute Gasteiger partial charge is 0.352 e. The predicted molar refractivity (Wildman–Crippen MR) is 110 cm³/mol. The molecule has 1 aliphatic carbocycles. The first-order valence-electron chi connectivity index (χ1n) is 11.1. The molecular weight excluding hydrogens is 350 g/mol. The fraction of sp³-hybridized carbons (Fsp3) is 0.652. The van der Waals surface area contributed by atoms with Crippen molar-refractivity contribution in [2.75, 3.05) is 19.6 Å². The number of likely N-dealkylation sites (tertiary alicyclic amines) is 1. The van der Waals surface area contributed by atoms with Crippen molar-refractivity contribution in [3.05, 3.63) is 35.4 Å². The smallest absolute Gasteiger partial charge is 0.254 e. The van der Waals surface area contributed by atoms with Gasteiger partial charge in [-0.05, 0) is 43.9 Å². The van der Waals surface area contributed by atoms with E-state index in [9.17, 15) is 9.59 Å². The van der Waals surface area contributed by atoms with Crippen LogP contribution in [0, 0.1) is 0 Å². The molecular formula is C23H33N3O2. The van der Waals surface area contributed by atoms with E-state index in [0.29, 0.717) is 25.6 Å². The Morgan fingerprint density at radius 3 is 2.61 bits per heavy atom. The van der Waals surface area contributed by atoms with Gasteiger partial charge in [-0.15, -0.1) is 0 Å². The third kappa shape index (κ3) is 4.57.